The van der Waals surface area contributed by atoms with Gasteiger partial charge in [0.15, 0.2) is 5.78 Å². The fraction of sp³-hybridized carbons (Fsp3) is 0.0909. The topological polar surface area (TPSA) is 54.4 Å². The van der Waals surface area contributed by atoms with E-state index < -0.39 is 5.97 Å². The molecule has 5 heteroatoms. The Hall–Kier alpha value is -2.56. The number of carbonyl (C=O) groups is 2. The first-order valence-corrected chi connectivity index (χ1v) is 9.63. The lowest BCUT2D eigenvalue weighted by molar-refractivity contribution is 0.0693. The number of aromatic carboxylic acids is 1. The van der Waals surface area contributed by atoms with Crippen LogP contribution in [0.5, 0.6) is 0 Å². The molecule has 0 saturated heterocycles. The Kier molecular flexibility index (Phi) is 6.32. The number of halogens is 1. The number of Topliss-reactive ketones (excluding diaryl/α,β-unsaturated/α-hetero) is 1. The average Bonchev–Trinajstić information content (AvgIpc) is 2.69. The molecule has 0 spiro atoms. The van der Waals surface area contributed by atoms with Gasteiger partial charge in [-0.2, -0.15) is 0 Å². The van der Waals surface area contributed by atoms with E-state index in [0.29, 0.717) is 15.5 Å². The maximum atomic E-state index is 12.8. The lowest BCUT2D eigenvalue weighted by Gasteiger charge is -2.19. The van der Waals surface area contributed by atoms with Crippen molar-refractivity contribution < 1.29 is 14.7 Å². The Labute approximate surface area is 167 Å². The van der Waals surface area contributed by atoms with Crippen LogP contribution in [-0.4, -0.2) is 16.9 Å². The molecule has 27 heavy (non-hydrogen) atoms. The van der Waals surface area contributed by atoms with Gasteiger partial charge in [0, 0.05) is 27.2 Å². The highest BCUT2D eigenvalue weighted by molar-refractivity contribution is 7.99. The molecule has 136 valence electrons. The summed E-state index contributed by atoms with van der Waals surface area (Å²) < 4.78 is 0. The van der Waals surface area contributed by atoms with Gasteiger partial charge in [0.05, 0.1) is 5.56 Å². The van der Waals surface area contributed by atoms with Crippen LogP contribution in [0.3, 0.4) is 0 Å². The summed E-state index contributed by atoms with van der Waals surface area (Å²) in [6.07, 6.45) is 0.215. The van der Waals surface area contributed by atoms with Crippen LogP contribution in [-0.2, 0) is 0 Å². The highest BCUT2D eigenvalue weighted by Gasteiger charge is 2.23. The van der Waals surface area contributed by atoms with Gasteiger partial charge in [-0.25, -0.2) is 4.79 Å². The second kappa shape index (κ2) is 8.89. The maximum absolute atomic E-state index is 12.8. The van der Waals surface area contributed by atoms with E-state index in [0.717, 1.165) is 5.56 Å². The largest absolute Gasteiger partial charge is 0.478 e. The highest BCUT2D eigenvalue weighted by atomic mass is 35.5. The van der Waals surface area contributed by atoms with Crippen molar-refractivity contribution in [2.24, 2.45) is 0 Å². The SMILES string of the molecule is O=C(CC(Sc1ccccc1C(=O)O)c1ccccc1Cl)c1ccccc1. The molecule has 0 aliphatic carbocycles. The van der Waals surface area contributed by atoms with Gasteiger partial charge in [-0.1, -0.05) is 72.3 Å². The number of carboxylic acids is 1. The average molecular weight is 397 g/mol. The fourth-order valence-electron chi connectivity index (χ4n) is 2.76. The maximum Gasteiger partial charge on any atom is 0.336 e. The zero-order valence-electron chi connectivity index (χ0n) is 14.3. The minimum absolute atomic E-state index is 0.0131. The van der Waals surface area contributed by atoms with Gasteiger partial charge in [0.2, 0.25) is 0 Å². The van der Waals surface area contributed by atoms with Crippen LogP contribution in [0.2, 0.25) is 5.02 Å². The monoisotopic (exact) mass is 396 g/mol. The van der Waals surface area contributed by atoms with E-state index >= 15 is 0 Å². The smallest absolute Gasteiger partial charge is 0.336 e. The molecule has 0 saturated carbocycles. The standard InChI is InChI=1S/C22H17ClO3S/c23-18-12-6-4-10-16(18)21(14-19(24)15-8-2-1-3-9-15)27-20-13-7-5-11-17(20)22(25)26/h1-13,21H,14H2,(H,25,26). The summed E-state index contributed by atoms with van der Waals surface area (Å²) in [5, 5.41) is 9.72. The molecule has 3 aromatic rings. The van der Waals surface area contributed by atoms with Gasteiger partial charge < -0.3 is 5.11 Å². The number of rotatable bonds is 7. The van der Waals surface area contributed by atoms with Crippen LogP contribution in [0.15, 0.2) is 83.8 Å². The summed E-state index contributed by atoms with van der Waals surface area (Å²) in [5.74, 6) is -1.01. The van der Waals surface area contributed by atoms with Gasteiger partial charge in [0.25, 0.3) is 0 Å². The molecule has 0 aliphatic heterocycles. The van der Waals surface area contributed by atoms with Crippen LogP contribution in [0, 0.1) is 0 Å². The molecule has 3 rings (SSSR count). The van der Waals surface area contributed by atoms with E-state index in [2.05, 4.69) is 0 Å². The van der Waals surface area contributed by atoms with Gasteiger partial charge in [-0.3, -0.25) is 4.79 Å². The van der Waals surface area contributed by atoms with Crippen molar-refractivity contribution in [1.29, 1.82) is 0 Å². The van der Waals surface area contributed by atoms with Crippen LogP contribution in [0.4, 0.5) is 0 Å². The van der Waals surface area contributed by atoms with E-state index in [1.807, 2.05) is 36.4 Å². The Morgan fingerprint density at radius 3 is 2.22 bits per heavy atom. The molecule has 3 nitrogen and oxygen atoms in total. The predicted molar refractivity (Wildman–Crippen MR) is 109 cm³/mol. The molecule has 1 N–H and O–H groups in total. The quantitative estimate of drug-likeness (QED) is 0.384. The van der Waals surface area contributed by atoms with Crippen molar-refractivity contribution in [2.45, 2.75) is 16.6 Å². The van der Waals surface area contributed by atoms with Crippen LogP contribution >= 0.6 is 23.4 Å². The molecule has 1 atom stereocenters. The van der Waals surface area contributed by atoms with E-state index in [1.54, 1.807) is 42.5 Å². The first kappa shape index (κ1) is 19.2. The summed E-state index contributed by atoms with van der Waals surface area (Å²) >= 11 is 7.72. The van der Waals surface area contributed by atoms with Gasteiger partial charge in [-0.15, -0.1) is 11.8 Å². The summed E-state index contributed by atoms with van der Waals surface area (Å²) in [7, 11) is 0. The van der Waals surface area contributed by atoms with Crippen molar-refractivity contribution in [3.8, 4) is 0 Å². The minimum atomic E-state index is -0.995. The highest BCUT2D eigenvalue weighted by Crippen LogP contribution is 2.42. The number of hydrogen-bond acceptors (Lipinski definition) is 3. The number of hydrogen-bond donors (Lipinski definition) is 1. The van der Waals surface area contributed by atoms with Crippen molar-refractivity contribution in [2.75, 3.05) is 0 Å². The second-order valence-electron chi connectivity index (χ2n) is 5.92. The molecule has 0 heterocycles. The molecule has 0 radical (unpaired) electrons. The van der Waals surface area contributed by atoms with E-state index in [9.17, 15) is 14.7 Å². The van der Waals surface area contributed by atoms with Crippen LogP contribution < -0.4 is 0 Å². The van der Waals surface area contributed by atoms with Crippen LogP contribution in [0.1, 0.15) is 38.0 Å². The zero-order valence-corrected chi connectivity index (χ0v) is 15.9. The number of ketones is 1. The normalized spacial score (nSPS) is 11.7. The summed E-state index contributed by atoms with van der Waals surface area (Å²) in [4.78, 5) is 24.9. The Morgan fingerprint density at radius 2 is 1.52 bits per heavy atom. The third-order valence-corrected chi connectivity index (χ3v) is 5.76. The number of carbonyl (C=O) groups excluding carboxylic acids is 1. The second-order valence-corrected chi connectivity index (χ2v) is 7.57. The van der Waals surface area contributed by atoms with Crippen molar-refractivity contribution in [3.05, 3.63) is 101 Å². The summed E-state index contributed by atoms with van der Waals surface area (Å²) in [5.41, 5.74) is 1.65. The number of benzene rings is 3. The van der Waals surface area contributed by atoms with E-state index in [1.165, 1.54) is 11.8 Å². The lowest BCUT2D eigenvalue weighted by atomic mass is 10.0. The zero-order chi connectivity index (χ0) is 19.2. The molecule has 3 aromatic carbocycles. The summed E-state index contributed by atoms with van der Waals surface area (Å²) in [6, 6.07) is 23.2. The first-order valence-electron chi connectivity index (χ1n) is 8.38. The third kappa shape index (κ3) is 4.79. The number of carboxylic acid groups (broad SMARTS) is 1. The van der Waals surface area contributed by atoms with E-state index in [-0.39, 0.29) is 23.0 Å². The Morgan fingerprint density at radius 1 is 0.889 bits per heavy atom. The molecule has 0 fully saturated rings. The summed E-state index contributed by atoms with van der Waals surface area (Å²) in [6.45, 7) is 0. The molecule has 0 amide bonds. The van der Waals surface area contributed by atoms with E-state index in [4.69, 9.17) is 11.6 Å². The lowest BCUT2D eigenvalue weighted by Crippen LogP contribution is -2.07. The molecule has 0 aliphatic rings. The number of thioether (sulfide) groups is 1. The molecule has 1 unspecified atom stereocenters. The predicted octanol–water partition coefficient (Wildman–Crippen LogP) is 6.14. The van der Waals surface area contributed by atoms with Crippen molar-refractivity contribution in [1.82, 2.24) is 0 Å². The van der Waals surface area contributed by atoms with Crippen LogP contribution in [0.25, 0.3) is 0 Å². The fourth-order valence-corrected chi connectivity index (χ4v) is 4.41. The Balaban J connectivity index is 1.95. The third-order valence-electron chi connectivity index (χ3n) is 4.11. The van der Waals surface area contributed by atoms with Crippen molar-refractivity contribution in [3.63, 3.8) is 0 Å². The van der Waals surface area contributed by atoms with Gasteiger partial charge >= 0.3 is 5.97 Å². The first-order chi connectivity index (χ1) is 13.1. The molecular formula is C22H17ClO3S. The minimum Gasteiger partial charge on any atom is -0.478 e. The van der Waals surface area contributed by atoms with Gasteiger partial charge in [-0.05, 0) is 23.8 Å². The Bertz CT molecular complexity index is 957. The van der Waals surface area contributed by atoms with Gasteiger partial charge in [0.1, 0.15) is 0 Å². The molecule has 0 aromatic heterocycles. The van der Waals surface area contributed by atoms with Crippen molar-refractivity contribution >= 4 is 35.1 Å². The molecular weight excluding hydrogens is 380 g/mol. The molecule has 0 bridgehead atoms.